The van der Waals surface area contributed by atoms with Gasteiger partial charge in [-0.15, -0.1) is 5.53 Å². The van der Waals surface area contributed by atoms with Crippen LogP contribution in [0, 0.1) is 0 Å². The molecule has 0 aromatic rings. The van der Waals surface area contributed by atoms with Crippen LogP contribution >= 0.6 is 0 Å². The van der Waals surface area contributed by atoms with E-state index in [0.717, 1.165) is 0 Å². The molecule has 0 fully saturated rings. The third-order valence-electron chi connectivity index (χ3n) is 1.48. The summed E-state index contributed by atoms with van der Waals surface area (Å²) in [4.78, 5) is 11.2. The van der Waals surface area contributed by atoms with E-state index in [1.165, 1.54) is 0 Å². The van der Waals surface area contributed by atoms with Gasteiger partial charge in [0.1, 0.15) is 11.9 Å². The Bertz CT molecular complexity index is 248. The summed E-state index contributed by atoms with van der Waals surface area (Å²) in [5, 5.41) is 8.06. The van der Waals surface area contributed by atoms with E-state index < -0.39 is 11.7 Å². The Labute approximate surface area is 88.8 Å². The van der Waals surface area contributed by atoms with E-state index in [1.807, 2.05) is 20.8 Å². The molecule has 1 rings (SSSR count). The van der Waals surface area contributed by atoms with E-state index in [0.29, 0.717) is 13.1 Å². The second-order valence-corrected chi connectivity index (χ2v) is 4.09. The molecule has 1 aliphatic heterocycles. The zero-order chi connectivity index (χ0) is 11.3. The van der Waals surface area contributed by atoms with Gasteiger partial charge in [0.2, 0.25) is 0 Å². The lowest BCUT2D eigenvalue weighted by Crippen LogP contribution is -2.43. The van der Waals surface area contributed by atoms with Gasteiger partial charge < -0.3 is 10.1 Å². The lowest BCUT2D eigenvalue weighted by molar-refractivity contribution is 0.0523. The van der Waals surface area contributed by atoms with Crippen molar-refractivity contribution in [2.75, 3.05) is 13.1 Å². The van der Waals surface area contributed by atoms with Crippen molar-refractivity contribution < 1.29 is 9.53 Å². The summed E-state index contributed by atoms with van der Waals surface area (Å²) in [7, 11) is 0. The molecule has 0 spiro atoms. The first-order chi connectivity index (χ1) is 6.97. The number of nitrogens with one attached hydrogen (secondary N) is 3. The first kappa shape index (κ1) is 11.6. The first-order valence-electron chi connectivity index (χ1n) is 4.75. The average molecular weight is 215 g/mol. The van der Waals surface area contributed by atoms with Crippen molar-refractivity contribution in [1.29, 1.82) is 0 Å². The quantitative estimate of drug-likeness (QED) is 0.606. The molecule has 0 unspecified atom stereocenters. The Morgan fingerprint density at radius 3 is 2.87 bits per heavy atom. The maximum Gasteiger partial charge on any atom is 0.407 e. The third kappa shape index (κ3) is 5.06. The monoisotopic (exact) mass is 215 g/mol. The van der Waals surface area contributed by atoms with E-state index in [9.17, 15) is 4.79 Å². The van der Waals surface area contributed by atoms with Crippen LogP contribution in [0.15, 0.2) is 5.10 Å². The summed E-state index contributed by atoms with van der Waals surface area (Å²) in [5.41, 5.74) is 4.84. The van der Waals surface area contributed by atoms with Gasteiger partial charge in [0, 0.05) is 6.54 Å². The topological polar surface area (TPSA) is 78.0 Å². The molecular formula is C8H17N5O2. The molecule has 0 saturated heterocycles. The highest BCUT2D eigenvalue weighted by atomic mass is 16.6. The van der Waals surface area contributed by atoms with Gasteiger partial charge in [-0.2, -0.15) is 5.10 Å². The predicted molar refractivity (Wildman–Crippen MR) is 55.7 cm³/mol. The van der Waals surface area contributed by atoms with Gasteiger partial charge in [-0.3, -0.25) is 5.01 Å². The van der Waals surface area contributed by atoms with Crippen molar-refractivity contribution in [2.45, 2.75) is 26.4 Å². The Hall–Kier alpha value is -1.50. The molecule has 86 valence electrons. The standard InChI is InChI=1S/C8H17N5O2/c1-8(2,3)15-7(14)9-4-5-13-6-10-11-12-13/h6,11-12H,4-5H2,1-3H3,(H,9,14). The second kappa shape index (κ2) is 4.83. The zero-order valence-electron chi connectivity index (χ0n) is 9.20. The van der Waals surface area contributed by atoms with Crippen LogP contribution in [0.2, 0.25) is 0 Å². The van der Waals surface area contributed by atoms with E-state index in [-0.39, 0.29) is 0 Å². The normalized spacial score (nSPS) is 15.0. The van der Waals surface area contributed by atoms with Crippen LogP contribution < -0.4 is 16.4 Å². The number of nitrogens with zero attached hydrogens (tertiary/aromatic N) is 2. The SMILES string of the molecule is CC(C)(C)OC(=O)NCCN1C=NNN1. The van der Waals surface area contributed by atoms with Gasteiger partial charge in [0.25, 0.3) is 0 Å². The van der Waals surface area contributed by atoms with Crippen LogP contribution in [0.4, 0.5) is 4.79 Å². The number of carbonyl (C=O) groups is 1. The van der Waals surface area contributed by atoms with E-state index in [4.69, 9.17) is 4.74 Å². The van der Waals surface area contributed by atoms with Gasteiger partial charge in [0.15, 0.2) is 0 Å². The molecule has 1 amide bonds. The Kier molecular flexibility index (Phi) is 3.73. The van der Waals surface area contributed by atoms with Crippen LogP contribution in [0.1, 0.15) is 20.8 Å². The number of alkyl carbamates (subject to hydrolysis) is 1. The summed E-state index contributed by atoms with van der Waals surface area (Å²) in [6.07, 6.45) is 1.18. The Balaban J connectivity index is 2.09. The molecule has 3 N–H and O–H groups in total. The van der Waals surface area contributed by atoms with E-state index in [2.05, 4.69) is 21.5 Å². The summed E-state index contributed by atoms with van der Waals surface area (Å²) < 4.78 is 5.06. The predicted octanol–water partition coefficient (Wildman–Crippen LogP) is -0.221. The minimum atomic E-state index is -0.459. The van der Waals surface area contributed by atoms with Gasteiger partial charge in [0.05, 0.1) is 6.54 Å². The van der Waals surface area contributed by atoms with Crippen LogP contribution in [0.25, 0.3) is 0 Å². The molecule has 7 heteroatoms. The molecule has 0 radical (unpaired) electrons. The summed E-state index contributed by atoms with van der Waals surface area (Å²) in [5.74, 6) is 0. The third-order valence-corrected chi connectivity index (χ3v) is 1.48. The molecule has 0 aliphatic carbocycles. The molecule has 0 atom stereocenters. The van der Waals surface area contributed by atoms with E-state index in [1.54, 1.807) is 11.3 Å². The molecule has 0 bridgehead atoms. The van der Waals surface area contributed by atoms with E-state index >= 15 is 0 Å². The number of carbonyl (C=O) groups excluding carboxylic acids is 1. The molecule has 1 heterocycles. The summed E-state index contributed by atoms with van der Waals surface area (Å²) in [6.45, 7) is 6.56. The van der Waals surface area contributed by atoms with Crippen molar-refractivity contribution in [3.05, 3.63) is 0 Å². The highest BCUT2D eigenvalue weighted by Gasteiger charge is 2.15. The maximum atomic E-state index is 11.2. The zero-order valence-corrected chi connectivity index (χ0v) is 9.20. The van der Waals surface area contributed by atoms with Crippen LogP contribution in [0.5, 0.6) is 0 Å². The number of hydrogen-bond donors (Lipinski definition) is 3. The lowest BCUT2D eigenvalue weighted by atomic mass is 10.2. The first-order valence-corrected chi connectivity index (χ1v) is 4.75. The van der Waals surface area contributed by atoms with Crippen molar-refractivity contribution in [3.8, 4) is 0 Å². The van der Waals surface area contributed by atoms with Crippen molar-refractivity contribution in [3.63, 3.8) is 0 Å². The number of rotatable bonds is 3. The van der Waals surface area contributed by atoms with Crippen molar-refractivity contribution >= 4 is 12.4 Å². The fourth-order valence-corrected chi connectivity index (χ4v) is 0.927. The fourth-order valence-electron chi connectivity index (χ4n) is 0.927. The number of amides is 1. The highest BCUT2D eigenvalue weighted by molar-refractivity contribution is 5.67. The number of hydrogen-bond acceptors (Lipinski definition) is 6. The number of ether oxygens (including phenoxy) is 1. The molecular weight excluding hydrogens is 198 g/mol. The van der Waals surface area contributed by atoms with Crippen molar-refractivity contribution in [1.82, 2.24) is 21.4 Å². The fraction of sp³-hybridized carbons (Fsp3) is 0.750. The summed E-state index contributed by atoms with van der Waals surface area (Å²) >= 11 is 0. The minimum Gasteiger partial charge on any atom is -0.444 e. The maximum absolute atomic E-state index is 11.2. The van der Waals surface area contributed by atoms with Gasteiger partial charge in [-0.05, 0) is 20.8 Å². The van der Waals surface area contributed by atoms with Gasteiger partial charge >= 0.3 is 6.09 Å². The number of hydrazine groups is 2. The Morgan fingerprint density at radius 2 is 2.33 bits per heavy atom. The van der Waals surface area contributed by atoms with Crippen molar-refractivity contribution in [2.24, 2.45) is 5.10 Å². The highest BCUT2D eigenvalue weighted by Crippen LogP contribution is 2.05. The molecule has 0 saturated carbocycles. The number of hydrazone groups is 1. The molecule has 0 aromatic heterocycles. The smallest absolute Gasteiger partial charge is 0.407 e. The van der Waals surface area contributed by atoms with Gasteiger partial charge in [-0.1, -0.05) is 0 Å². The molecule has 1 aliphatic rings. The molecule has 7 nitrogen and oxygen atoms in total. The summed E-state index contributed by atoms with van der Waals surface area (Å²) in [6, 6.07) is 0. The lowest BCUT2D eigenvalue weighted by Gasteiger charge is -2.20. The Morgan fingerprint density at radius 1 is 1.60 bits per heavy atom. The van der Waals surface area contributed by atoms with Gasteiger partial charge in [-0.25, -0.2) is 10.3 Å². The van der Waals surface area contributed by atoms with Crippen LogP contribution in [-0.4, -0.2) is 36.1 Å². The molecule has 15 heavy (non-hydrogen) atoms. The molecule has 0 aromatic carbocycles. The second-order valence-electron chi connectivity index (χ2n) is 4.09. The van der Waals surface area contributed by atoms with Crippen LogP contribution in [-0.2, 0) is 4.74 Å². The average Bonchev–Trinajstić information content (AvgIpc) is 2.53. The van der Waals surface area contributed by atoms with Crippen LogP contribution in [0.3, 0.4) is 0 Å². The minimum absolute atomic E-state index is 0.411. The largest absolute Gasteiger partial charge is 0.444 e.